The molecular formula is C34H15BN2O6. The van der Waals surface area contributed by atoms with E-state index in [9.17, 15) is 28.8 Å². The number of nitrogens with zero attached hydrogens (tertiary/aromatic N) is 2. The highest BCUT2D eigenvalue weighted by molar-refractivity contribution is 6.42. The van der Waals surface area contributed by atoms with Crippen LogP contribution < -0.4 is 33.1 Å². The van der Waals surface area contributed by atoms with Crippen molar-refractivity contribution in [2.45, 2.75) is 6.32 Å². The van der Waals surface area contributed by atoms with E-state index < -0.39 is 33.1 Å². The molecule has 43 heavy (non-hydrogen) atoms. The Labute approximate surface area is 239 Å². The van der Waals surface area contributed by atoms with Crippen LogP contribution in [0.25, 0.3) is 81.1 Å². The fourth-order valence-electron chi connectivity index (χ4n) is 7.17. The fraction of sp³-hybridized carbons (Fsp3) is 0.0588. The second-order valence-electron chi connectivity index (χ2n) is 11.2. The van der Waals surface area contributed by atoms with Crippen molar-refractivity contribution in [1.29, 1.82) is 0 Å². The summed E-state index contributed by atoms with van der Waals surface area (Å²) in [6, 6.07) is 15.9. The highest BCUT2D eigenvalue weighted by Crippen LogP contribution is 2.43. The minimum Gasteiger partial charge on any atom is -0.289 e. The van der Waals surface area contributed by atoms with Gasteiger partial charge in [0.15, 0.2) is 10.9 Å². The Balaban J connectivity index is 1.61. The summed E-state index contributed by atoms with van der Waals surface area (Å²) in [7, 11) is 7.10. The smallest absolute Gasteiger partial charge is 0.266 e. The Morgan fingerprint density at radius 1 is 0.488 bits per heavy atom. The molecule has 0 saturated carbocycles. The van der Waals surface area contributed by atoms with Crippen LogP contribution in [-0.4, -0.2) is 17.0 Å². The molecule has 0 aliphatic heterocycles. The quantitative estimate of drug-likeness (QED) is 0.183. The number of hydrogen-bond donors (Lipinski definition) is 0. The predicted octanol–water partition coefficient (Wildman–Crippen LogP) is 2.91. The van der Waals surface area contributed by atoms with Gasteiger partial charge >= 0.3 is 0 Å². The van der Waals surface area contributed by atoms with Gasteiger partial charge in [-0.2, -0.15) is 0 Å². The second-order valence-corrected chi connectivity index (χ2v) is 11.2. The van der Waals surface area contributed by atoms with E-state index >= 15 is 0 Å². The number of pyridine rings is 2. The van der Waals surface area contributed by atoms with Gasteiger partial charge in [0.25, 0.3) is 22.2 Å². The molecule has 0 bridgehead atoms. The molecule has 8 nitrogen and oxygen atoms in total. The van der Waals surface area contributed by atoms with E-state index in [0.717, 1.165) is 14.7 Å². The lowest BCUT2D eigenvalue weighted by Crippen LogP contribution is -2.32. The summed E-state index contributed by atoms with van der Waals surface area (Å²) in [5.41, 5.74) is -1.84. The van der Waals surface area contributed by atoms with E-state index in [-0.39, 0.29) is 43.1 Å². The standard InChI is InChI=1S/C34H15BN2O6/c1-36-31(40)17-8-6-15-25-23(17)21(32(36)41)10-19-27(25)28-20(30(15)39)11-22-24-18(9-7-16(26(24)28)29(19)38)33(42)37(34(22)43)14-4-2-13(12-35)3-5-14/h2-11H,12H2,1H3. The van der Waals surface area contributed by atoms with Crippen molar-refractivity contribution in [2.75, 3.05) is 0 Å². The Hall–Kier alpha value is -5.70. The predicted molar refractivity (Wildman–Crippen MR) is 170 cm³/mol. The average Bonchev–Trinajstić information content (AvgIpc) is 3.03. The van der Waals surface area contributed by atoms with Gasteiger partial charge in [-0.15, -0.1) is 0 Å². The molecule has 9 rings (SSSR count). The van der Waals surface area contributed by atoms with E-state index in [1.807, 2.05) is 0 Å². The Morgan fingerprint density at radius 3 is 1.44 bits per heavy atom. The molecule has 0 N–H and O–H groups in total. The average molecular weight is 558 g/mol. The Bertz CT molecular complexity index is 3060. The lowest BCUT2D eigenvalue weighted by atomic mass is 9.83. The van der Waals surface area contributed by atoms with Gasteiger partial charge in [0.2, 0.25) is 0 Å². The first-order chi connectivity index (χ1) is 20.7. The monoisotopic (exact) mass is 558 g/mol. The van der Waals surface area contributed by atoms with Crippen LogP contribution in [0.4, 0.5) is 0 Å². The van der Waals surface area contributed by atoms with Crippen LogP contribution in [0.1, 0.15) is 5.56 Å². The zero-order chi connectivity index (χ0) is 29.6. The van der Waals surface area contributed by atoms with Gasteiger partial charge < -0.3 is 0 Å². The minimum absolute atomic E-state index is 0.138. The number of hydrogen-bond acceptors (Lipinski definition) is 6. The molecule has 0 fully saturated rings. The summed E-state index contributed by atoms with van der Waals surface area (Å²) < 4.78 is 2.07. The van der Waals surface area contributed by atoms with Crippen molar-refractivity contribution >= 4 is 83.3 Å². The Kier molecular flexibility index (Phi) is 4.22. The SMILES string of the molecule is [B]Cc1ccc(-n2c(=O)c3ccc4c(=O)c5cc6c(=O)n(C)c(=O)c7ccc8c(=O)c9cc(c2=O)c3c4c9c5c8c76)cc1. The molecule has 2 heterocycles. The number of benzene rings is 7. The van der Waals surface area contributed by atoms with Gasteiger partial charge in [-0.05, 0) is 48.5 Å². The van der Waals surface area contributed by atoms with E-state index in [1.165, 1.54) is 37.4 Å². The van der Waals surface area contributed by atoms with Gasteiger partial charge in [0.1, 0.15) is 0 Å². The molecule has 0 spiro atoms. The van der Waals surface area contributed by atoms with Crippen molar-refractivity contribution in [2.24, 2.45) is 7.05 Å². The summed E-state index contributed by atoms with van der Waals surface area (Å²) >= 11 is 0. The molecule has 0 aliphatic rings. The molecule has 0 aliphatic carbocycles. The van der Waals surface area contributed by atoms with Crippen molar-refractivity contribution in [1.82, 2.24) is 9.13 Å². The number of rotatable bonds is 2. The van der Waals surface area contributed by atoms with Crippen molar-refractivity contribution in [3.63, 3.8) is 0 Å². The van der Waals surface area contributed by atoms with Crippen LogP contribution in [-0.2, 0) is 13.4 Å². The molecule has 0 saturated heterocycles. The Morgan fingerprint density at radius 2 is 0.907 bits per heavy atom. The van der Waals surface area contributed by atoms with E-state index in [1.54, 1.807) is 30.3 Å². The summed E-state index contributed by atoms with van der Waals surface area (Å²) in [5, 5.41) is 3.96. The second kappa shape index (κ2) is 7.57. The van der Waals surface area contributed by atoms with Gasteiger partial charge in [0, 0.05) is 82.5 Å². The first kappa shape index (κ1) is 24.0. The highest BCUT2D eigenvalue weighted by Gasteiger charge is 2.27. The molecule has 2 radical (unpaired) electrons. The molecule has 2 aromatic heterocycles. The van der Waals surface area contributed by atoms with Crippen molar-refractivity contribution < 1.29 is 0 Å². The third-order valence-corrected chi connectivity index (χ3v) is 9.16. The van der Waals surface area contributed by atoms with Crippen LogP contribution in [0.5, 0.6) is 0 Å². The van der Waals surface area contributed by atoms with Gasteiger partial charge in [-0.3, -0.25) is 33.3 Å². The van der Waals surface area contributed by atoms with E-state index in [4.69, 9.17) is 7.85 Å². The first-order valence-corrected chi connectivity index (χ1v) is 13.6. The van der Waals surface area contributed by atoms with Crippen molar-refractivity contribution in [3.8, 4) is 5.69 Å². The summed E-state index contributed by atoms with van der Waals surface area (Å²) in [6.07, 6.45) is 0.299. The zero-order valence-corrected chi connectivity index (χ0v) is 22.4. The molecular weight excluding hydrogens is 543 g/mol. The lowest BCUT2D eigenvalue weighted by Gasteiger charge is -2.19. The van der Waals surface area contributed by atoms with Gasteiger partial charge in [-0.25, -0.2) is 4.57 Å². The normalized spacial score (nSPS) is 12.6. The van der Waals surface area contributed by atoms with Crippen LogP contribution in [0, 0.1) is 0 Å². The lowest BCUT2D eigenvalue weighted by molar-refractivity contribution is 0.841. The summed E-state index contributed by atoms with van der Waals surface area (Å²) in [6.45, 7) is 0. The maximum Gasteiger partial charge on any atom is 0.266 e. The van der Waals surface area contributed by atoms with E-state index in [2.05, 4.69) is 0 Å². The third kappa shape index (κ3) is 2.60. The number of aromatic nitrogens is 2. The maximum absolute atomic E-state index is 14.2. The van der Waals surface area contributed by atoms with Crippen LogP contribution in [0.3, 0.4) is 0 Å². The minimum atomic E-state index is -0.612. The fourth-order valence-corrected chi connectivity index (χ4v) is 7.17. The van der Waals surface area contributed by atoms with Crippen LogP contribution in [0.2, 0.25) is 0 Å². The summed E-state index contributed by atoms with van der Waals surface area (Å²) in [5.74, 6) is 0. The van der Waals surface area contributed by atoms with E-state index in [0.29, 0.717) is 44.3 Å². The van der Waals surface area contributed by atoms with Crippen molar-refractivity contribution in [3.05, 3.63) is 128 Å². The molecule has 9 aromatic rings. The molecule has 0 atom stereocenters. The third-order valence-electron chi connectivity index (χ3n) is 9.16. The molecule has 200 valence electrons. The topological polar surface area (TPSA) is 112 Å². The molecule has 0 unspecified atom stereocenters. The highest BCUT2D eigenvalue weighted by atomic mass is 16.2. The molecule has 7 aromatic carbocycles. The van der Waals surface area contributed by atoms with Gasteiger partial charge in [-0.1, -0.05) is 24.0 Å². The molecule has 0 amide bonds. The van der Waals surface area contributed by atoms with Crippen LogP contribution in [0.15, 0.2) is 89.4 Å². The van der Waals surface area contributed by atoms with Gasteiger partial charge in [0.05, 0.1) is 13.5 Å². The first-order valence-electron chi connectivity index (χ1n) is 13.6. The zero-order valence-electron chi connectivity index (χ0n) is 22.4. The maximum atomic E-state index is 14.2. The molecule has 9 heteroatoms. The van der Waals surface area contributed by atoms with Crippen LogP contribution >= 0.6 is 0 Å². The summed E-state index contributed by atoms with van der Waals surface area (Å²) in [4.78, 5) is 82.6. The largest absolute Gasteiger partial charge is 0.289 e.